The summed E-state index contributed by atoms with van der Waals surface area (Å²) in [5.41, 5.74) is 0.0548. The Labute approximate surface area is 140 Å². The third-order valence-corrected chi connectivity index (χ3v) is 4.47. The number of guanidine groups is 1. The number of nitrogens with one attached hydrogen (secondary N) is 3. The second-order valence-electron chi connectivity index (χ2n) is 6.10. The maximum atomic E-state index is 13.5. The van der Waals surface area contributed by atoms with Crippen LogP contribution in [0, 0.1) is 5.82 Å². The molecule has 2 aliphatic rings. The molecular formula is C17H23FN4O2. The molecule has 0 radical (unpaired) electrons. The fourth-order valence-electron chi connectivity index (χ4n) is 3.26. The Morgan fingerprint density at radius 2 is 2.08 bits per heavy atom. The van der Waals surface area contributed by atoms with Crippen LogP contribution in [0.3, 0.4) is 0 Å². The summed E-state index contributed by atoms with van der Waals surface area (Å²) in [5.74, 6) is -0.243. The lowest BCUT2D eigenvalue weighted by molar-refractivity contribution is 0.0950. The Kier molecular flexibility index (Phi) is 5.30. The van der Waals surface area contributed by atoms with E-state index in [0.29, 0.717) is 31.2 Å². The molecule has 0 aromatic heterocycles. The van der Waals surface area contributed by atoms with Crippen LogP contribution in [-0.4, -0.2) is 50.3 Å². The molecule has 3 atom stereocenters. The van der Waals surface area contributed by atoms with Gasteiger partial charge in [0.15, 0.2) is 5.96 Å². The molecule has 0 aliphatic carbocycles. The van der Waals surface area contributed by atoms with Gasteiger partial charge in [0, 0.05) is 20.1 Å². The Hall–Kier alpha value is -2.15. The maximum absolute atomic E-state index is 13.5. The van der Waals surface area contributed by atoms with Gasteiger partial charge in [0.1, 0.15) is 5.82 Å². The smallest absolute Gasteiger partial charge is 0.254 e. The van der Waals surface area contributed by atoms with Crippen molar-refractivity contribution in [2.75, 3.05) is 20.1 Å². The summed E-state index contributed by atoms with van der Waals surface area (Å²) in [6, 6.07) is 6.23. The van der Waals surface area contributed by atoms with E-state index in [9.17, 15) is 9.18 Å². The first-order valence-corrected chi connectivity index (χ1v) is 8.32. The summed E-state index contributed by atoms with van der Waals surface area (Å²) in [4.78, 5) is 16.1. The van der Waals surface area contributed by atoms with Gasteiger partial charge in [-0.3, -0.25) is 9.79 Å². The van der Waals surface area contributed by atoms with Crippen molar-refractivity contribution in [1.82, 2.24) is 16.0 Å². The van der Waals surface area contributed by atoms with E-state index in [4.69, 9.17) is 4.74 Å². The van der Waals surface area contributed by atoms with Crippen LogP contribution in [0.4, 0.5) is 4.39 Å². The van der Waals surface area contributed by atoms with Crippen molar-refractivity contribution >= 4 is 11.9 Å². The zero-order chi connectivity index (χ0) is 16.9. The molecule has 0 saturated carbocycles. The molecule has 3 rings (SSSR count). The van der Waals surface area contributed by atoms with Crippen LogP contribution < -0.4 is 16.0 Å². The van der Waals surface area contributed by atoms with Gasteiger partial charge in [0.05, 0.1) is 23.8 Å². The van der Waals surface area contributed by atoms with Gasteiger partial charge in [-0.1, -0.05) is 12.1 Å². The minimum Gasteiger partial charge on any atom is -0.373 e. The predicted octanol–water partition coefficient (Wildman–Crippen LogP) is 1.04. The van der Waals surface area contributed by atoms with Crippen LogP contribution in [-0.2, 0) is 4.74 Å². The van der Waals surface area contributed by atoms with Crippen molar-refractivity contribution < 1.29 is 13.9 Å². The van der Waals surface area contributed by atoms with E-state index < -0.39 is 11.7 Å². The van der Waals surface area contributed by atoms with Crippen molar-refractivity contribution in [2.24, 2.45) is 4.99 Å². The summed E-state index contributed by atoms with van der Waals surface area (Å²) in [6.45, 7) is 0.878. The molecule has 24 heavy (non-hydrogen) atoms. The molecule has 7 heteroatoms. The lowest BCUT2D eigenvalue weighted by Gasteiger charge is -2.22. The molecule has 1 amide bonds. The number of carbonyl (C=O) groups is 1. The highest BCUT2D eigenvalue weighted by Gasteiger charge is 2.41. The fraction of sp³-hybridized carbons (Fsp3) is 0.529. The minimum atomic E-state index is -0.517. The fourth-order valence-corrected chi connectivity index (χ4v) is 3.26. The number of halogens is 1. The van der Waals surface area contributed by atoms with E-state index in [1.54, 1.807) is 19.2 Å². The summed E-state index contributed by atoms with van der Waals surface area (Å²) >= 11 is 0. The second kappa shape index (κ2) is 7.61. The number of fused-ring (bicyclic) bond motifs is 2. The van der Waals surface area contributed by atoms with E-state index in [0.717, 1.165) is 19.3 Å². The van der Waals surface area contributed by atoms with Gasteiger partial charge in [-0.2, -0.15) is 0 Å². The van der Waals surface area contributed by atoms with Gasteiger partial charge in [-0.05, 0) is 31.4 Å². The summed E-state index contributed by atoms with van der Waals surface area (Å²) < 4.78 is 19.3. The molecule has 3 unspecified atom stereocenters. The molecule has 1 aromatic carbocycles. The molecule has 2 aliphatic heterocycles. The maximum Gasteiger partial charge on any atom is 0.254 e. The van der Waals surface area contributed by atoms with Crippen molar-refractivity contribution in [3.8, 4) is 0 Å². The Morgan fingerprint density at radius 1 is 1.29 bits per heavy atom. The first kappa shape index (κ1) is 16.7. The number of ether oxygens (including phenoxy) is 1. The van der Waals surface area contributed by atoms with Crippen LogP contribution >= 0.6 is 0 Å². The van der Waals surface area contributed by atoms with Gasteiger partial charge in [-0.15, -0.1) is 0 Å². The number of rotatable bonds is 5. The van der Waals surface area contributed by atoms with Crippen LogP contribution in [0.2, 0.25) is 0 Å². The highest BCUT2D eigenvalue weighted by atomic mass is 19.1. The average molecular weight is 334 g/mol. The van der Waals surface area contributed by atoms with Gasteiger partial charge >= 0.3 is 0 Å². The topological polar surface area (TPSA) is 74.8 Å². The normalized spacial score (nSPS) is 25.6. The minimum absolute atomic E-state index is 0.0548. The van der Waals surface area contributed by atoms with Crippen LogP contribution in [0.25, 0.3) is 0 Å². The van der Waals surface area contributed by atoms with E-state index in [1.165, 1.54) is 12.1 Å². The molecular weight excluding hydrogens is 311 g/mol. The standard InChI is InChI=1S/C17H23FN4O2/c1-19-17(22-14-10-11-6-7-15(14)24-11)21-9-8-20-16(23)12-4-2-3-5-13(12)18/h2-5,11,14-15H,6-10H2,1H3,(H,20,23)(H2,19,21,22). The van der Waals surface area contributed by atoms with Crippen molar-refractivity contribution in [3.63, 3.8) is 0 Å². The van der Waals surface area contributed by atoms with Gasteiger partial charge in [0.25, 0.3) is 5.91 Å². The Morgan fingerprint density at radius 3 is 2.75 bits per heavy atom. The number of carbonyl (C=O) groups excluding carboxylic acids is 1. The average Bonchev–Trinajstić information content (AvgIpc) is 3.20. The van der Waals surface area contributed by atoms with Gasteiger partial charge in [-0.25, -0.2) is 4.39 Å². The first-order valence-electron chi connectivity index (χ1n) is 8.32. The number of amides is 1. The highest BCUT2D eigenvalue weighted by Crippen LogP contribution is 2.34. The number of hydrogen-bond acceptors (Lipinski definition) is 3. The van der Waals surface area contributed by atoms with Crippen molar-refractivity contribution in [2.45, 2.75) is 37.5 Å². The highest BCUT2D eigenvalue weighted by molar-refractivity contribution is 5.94. The third kappa shape index (κ3) is 3.84. The molecule has 130 valence electrons. The van der Waals surface area contributed by atoms with E-state index in [-0.39, 0.29) is 11.7 Å². The molecule has 3 N–H and O–H groups in total. The Balaban J connectivity index is 1.39. The van der Waals surface area contributed by atoms with E-state index >= 15 is 0 Å². The van der Waals surface area contributed by atoms with E-state index in [2.05, 4.69) is 20.9 Å². The van der Waals surface area contributed by atoms with Gasteiger partial charge in [0.2, 0.25) is 0 Å². The van der Waals surface area contributed by atoms with Crippen molar-refractivity contribution in [1.29, 1.82) is 0 Å². The molecule has 6 nitrogen and oxygen atoms in total. The molecule has 2 heterocycles. The predicted molar refractivity (Wildman–Crippen MR) is 89.5 cm³/mol. The summed E-state index contributed by atoms with van der Waals surface area (Å²) in [5, 5.41) is 9.21. The zero-order valence-electron chi connectivity index (χ0n) is 13.7. The second-order valence-corrected chi connectivity index (χ2v) is 6.10. The lowest BCUT2D eigenvalue weighted by atomic mass is 9.96. The number of benzene rings is 1. The largest absolute Gasteiger partial charge is 0.373 e. The van der Waals surface area contributed by atoms with Crippen molar-refractivity contribution in [3.05, 3.63) is 35.6 Å². The SMILES string of the molecule is CN=C(NCCNC(=O)c1ccccc1F)NC1CC2CCC1O2. The summed E-state index contributed by atoms with van der Waals surface area (Å²) in [6.07, 6.45) is 3.91. The Bertz CT molecular complexity index is 622. The van der Waals surface area contributed by atoms with Gasteiger partial charge < -0.3 is 20.7 Å². The molecule has 2 saturated heterocycles. The molecule has 1 aromatic rings. The van der Waals surface area contributed by atoms with Crippen LogP contribution in [0.1, 0.15) is 29.6 Å². The van der Waals surface area contributed by atoms with E-state index in [1.807, 2.05) is 0 Å². The molecule has 2 bridgehead atoms. The molecule has 0 spiro atoms. The zero-order valence-corrected chi connectivity index (χ0v) is 13.7. The monoisotopic (exact) mass is 334 g/mol. The lowest BCUT2D eigenvalue weighted by Crippen LogP contribution is -2.48. The third-order valence-electron chi connectivity index (χ3n) is 4.47. The number of hydrogen-bond donors (Lipinski definition) is 3. The molecule has 2 fully saturated rings. The number of aliphatic imine (C=N–C) groups is 1. The quantitative estimate of drug-likeness (QED) is 0.427. The first-order chi connectivity index (χ1) is 11.7. The summed E-state index contributed by atoms with van der Waals surface area (Å²) in [7, 11) is 1.71. The number of nitrogens with zero attached hydrogens (tertiary/aromatic N) is 1. The van der Waals surface area contributed by atoms with Crippen LogP contribution in [0.5, 0.6) is 0 Å². The van der Waals surface area contributed by atoms with Crippen LogP contribution in [0.15, 0.2) is 29.3 Å².